The number of fused-ring (bicyclic) bond motifs is 6. The molecule has 0 aromatic carbocycles. The van der Waals surface area contributed by atoms with Gasteiger partial charge in [0.05, 0.1) is 16.9 Å². The molecule has 5 aliphatic carbocycles. The molecule has 7 aliphatic rings. The quantitative estimate of drug-likeness (QED) is 0.218. The Hall–Kier alpha value is -3.00. The lowest BCUT2D eigenvalue weighted by molar-refractivity contribution is -0.161. The molecule has 2 saturated heterocycles. The third-order valence-electron chi connectivity index (χ3n) is 13.2. The molecule has 0 amide bonds. The zero-order chi connectivity index (χ0) is 31.0. The Bertz CT molecular complexity index is 1470. The number of esters is 3. The van der Waals surface area contributed by atoms with E-state index in [1.54, 1.807) is 26.0 Å². The van der Waals surface area contributed by atoms with E-state index in [-0.39, 0.29) is 41.8 Å². The molecule has 0 radical (unpaired) electrons. The van der Waals surface area contributed by atoms with E-state index in [9.17, 15) is 24.3 Å². The first kappa shape index (κ1) is 28.8. The molecular weight excluding hydrogens is 548 g/mol. The molecule has 7 rings (SSSR count). The lowest BCUT2D eigenvalue weighted by Crippen LogP contribution is -2.53. The standard InChI is InChI=1S/C35H42O8/c1-8-16(2)29(37)41-22-14-18(4)23-21(36)13-17(3)24(23)27-25(22)35(31(39)43-27)15-34-12-11-32(35,6)28(34)26-20(9-10-33(34,7)40)19(5)30(38)42-26/h8,11-13,18,20,22-28,40H,5,9-10,14-15H2,1-4,6-7H3/b16-8-/t18-,20-,22-,23+,24-,25+,26-,27+,28?,32+,33+,34?,35?/m0/s1. The summed E-state index contributed by atoms with van der Waals surface area (Å²) in [5, 5.41) is 12.3. The minimum atomic E-state index is -1.21. The number of hydrogen-bond acceptors (Lipinski definition) is 8. The van der Waals surface area contributed by atoms with Crippen LogP contribution in [-0.2, 0) is 33.4 Å². The summed E-state index contributed by atoms with van der Waals surface area (Å²) < 4.78 is 18.9. The van der Waals surface area contributed by atoms with Gasteiger partial charge in [-0.25, -0.2) is 9.59 Å². The van der Waals surface area contributed by atoms with Gasteiger partial charge in [-0.3, -0.25) is 9.59 Å². The summed E-state index contributed by atoms with van der Waals surface area (Å²) in [6, 6.07) is 0. The Kier molecular flexibility index (Phi) is 5.88. The molecule has 2 heterocycles. The fraction of sp³-hybridized carbons (Fsp3) is 0.657. The molecule has 5 fully saturated rings. The topological polar surface area (TPSA) is 116 Å². The lowest BCUT2D eigenvalue weighted by atomic mass is 9.54. The highest BCUT2D eigenvalue weighted by Crippen LogP contribution is 2.80. The van der Waals surface area contributed by atoms with Crippen LogP contribution in [0.25, 0.3) is 0 Å². The Morgan fingerprint density at radius 1 is 1.14 bits per heavy atom. The maximum Gasteiger partial charge on any atom is 0.334 e. The van der Waals surface area contributed by atoms with Crippen molar-refractivity contribution in [3.05, 3.63) is 47.6 Å². The number of carbonyl (C=O) groups is 4. The summed E-state index contributed by atoms with van der Waals surface area (Å²) >= 11 is 0. The SMILES string of the molecule is C=C1C(=O)O[C@@H]2C3C4(C=C[C@@]3(C)C3(C4)C(=O)O[C@@H]4[C@H]5C(C)=CC(=O)[C@H]5[C@@H](C)C[C@H](OC(=O)/C(C)=C\C)[C@H]43)[C@](C)(O)CC[C@@H]12. The molecule has 2 bridgehead atoms. The Balaban J connectivity index is 1.44. The molecule has 0 aromatic rings. The van der Waals surface area contributed by atoms with E-state index in [2.05, 4.69) is 12.7 Å². The Morgan fingerprint density at radius 3 is 2.56 bits per heavy atom. The van der Waals surface area contributed by atoms with Gasteiger partial charge >= 0.3 is 17.9 Å². The second kappa shape index (κ2) is 8.80. The summed E-state index contributed by atoms with van der Waals surface area (Å²) in [4.78, 5) is 54.2. The smallest absolute Gasteiger partial charge is 0.334 e. The molecule has 1 spiro atoms. The number of ketones is 1. The van der Waals surface area contributed by atoms with E-state index in [1.165, 1.54) is 0 Å². The predicted molar refractivity (Wildman–Crippen MR) is 155 cm³/mol. The molecule has 3 saturated carbocycles. The highest BCUT2D eigenvalue weighted by atomic mass is 16.6. The van der Waals surface area contributed by atoms with Crippen molar-refractivity contribution in [3.8, 4) is 0 Å². The third-order valence-corrected chi connectivity index (χ3v) is 13.2. The van der Waals surface area contributed by atoms with Crippen LogP contribution in [0.15, 0.2) is 47.6 Å². The maximum atomic E-state index is 14.7. The van der Waals surface area contributed by atoms with Crippen molar-refractivity contribution >= 4 is 23.7 Å². The van der Waals surface area contributed by atoms with Crippen LogP contribution in [0.4, 0.5) is 0 Å². The number of ether oxygens (including phenoxy) is 3. The largest absolute Gasteiger partial charge is 0.461 e. The first-order valence-corrected chi connectivity index (χ1v) is 15.7. The number of hydrogen-bond donors (Lipinski definition) is 1. The van der Waals surface area contributed by atoms with E-state index in [0.717, 1.165) is 5.57 Å². The van der Waals surface area contributed by atoms with Crippen LogP contribution in [0.5, 0.6) is 0 Å². The van der Waals surface area contributed by atoms with Crippen molar-refractivity contribution in [2.24, 2.45) is 51.8 Å². The van der Waals surface area contributed by atoms with E-state index in [0.29, 0.717) is 30.4 Å². The molecule has 0 aromatic heterocycles. The lowest BCUT2D eigenvalue weighted by Gasteiger charge is -2.46. The van der Waals surface area contributed by atoms with Crippen LogP contribution in [-0.4, -0.2) is 52.7 Å². The fourth-order valence-corrected chi connectivity index (χ4v) is 11.0. The van der Waals surface area contributed by atoms with Crippen LogP contribution in [0, 0.1) is 51.8 Å². The molecule has 1 N–H and O–H groups in total. The molecule has 8 heteroatoms. The average Bonchev–Trinajstić information content (AvgIpc) is 3.62. The first-order chi connectivity index (χ1) is 20.1. The van der Waals surface area contributed by atoms with Gasteiger partial charge < -0.3 is 19.3 Å². The van der Waals surface area contributed by atoms with Crippen molar-refractivity contribution in [1.82, 2.24) is 0 Å². The average molecular weight is 591 g/mol. The first-order valence-electron chi connectivity index (χ1n) is 15.7. The zero-order valence-corrected chi connectivity index (χ0v) is 25.8. The number of rotatable bonds is 2. The minimum absolute atomic E-state index is 0.0207. The van der Waals surface area contributed by atoms with Crippen LogP contribution in [0.2, 0.25) is 0 Å². The van der Waals surface area contributed by atoms with Crippen molar-refractivity contribution in [2.45, 2.75) is 91.1 Å². The number of allylic oxidation sites excluding steroid dienone is 3. The van der Waals surface area contributed by atoms with Gasteiger partial charge in [-0.15, -0.1) is 0 Å². The molecule has 8 nitrogen and oxygen atoms in total. The molecule has 3 unspecified atom stereocenters. The Labute approximate surface area is 252 Å². The summed E-state index contributed by atoms with van der Waals surface area (Å²) in [5.41, 5.74) is -2.42. The summed E-state index contributed by atoms with van der Waals surface area (Å²) in [5.74, 6) is -3.32. The van der Waals surface area contributed by atoms with Gasteiger partial charge in [0.15, 0.2) is 5.78 Å². The molecule has 2 aliphatic heterocycles. The van der Waals surface area contributed by atoms with Gasteiger partial charge in [0.1, 0.15) is 18.3 Å². The van der Waals surface area contributed by atoms with Crippen molar-refractivity contribution in [1.29, 1.82) is 0 Å². The predicted octanol–water partition coefficient (Wildman–Crippen LogP) is 4.42. The van der Waals surface area contributed by atoms with E-state index in [1.807, 2.05) is 33.8 Å². The van der Waals surface area contributed by atoms with Crippen molar-refractivity contribution < 1.29 is 38.5 Å². The highest BCUT2D eigenvalue weighted by Gasteiger charge is 2.84. The number of aliphatic hydroxyl groups is 1. The maximum absolute atomic E-state index is 14.7. The third kappa shape index (κ3) is 3.26. The number of carbonyl (C=O) groups excluding carboxylic acids is 4. The van der Waals surface area contributed by atoms with Gasteiger partial charge in [-0.1, -0.05) is 44.2 Å². The van der Waals surface area contributed by atoms with Gasteiger partial charge in [-0.05, 0) is 65.4 Å². The van der Waals surface area contributed by atoms with E-state index >= 15 is 0 Å². The normalized spacial score (nSPS) is 51.3. The molecule has 43 heavy (non-hydrogen) atoms. The van der Waals surface area contributed by atoms with Crippen LogP contribution in [0.1, 0.15) is 67.2 Å². The van der Waals surface area contributed by atoms with Crippen LogP contribution >= 0.6 is 0 Å². The molecule has 230 valence electrons. The summed E-state index contributed by atoms with van der Waals surface area (Å²) in [6.07, 6.45) is 7.20. The summed E-state index contributed by atoms with van der Waals surface area (Å²) in [7, 11) is 0. The van der Waals surface area contributed by atoms with Gasteiger partial charge in [0, 0.05) is 45.6 Å². The second-order valence-electron chi connectivity index (χ2n) is 15.0. The second-order valence-corrected chi connectivity index (χ2v) is 15.0. The molecular formula is C35H42O8. The Morgan fingerprint density at radius 2 is 1.86 bits per heavy atom. The van der Waals surface area contributed by atoms with Crippen LogP contribution < -0.4 is 0 Å². The van der Waals surface area contributed by atoms with E-state index < -0.39 is 63.9 Å². The zero-order valence-electron chi connectivity index (χ0n) is 25.8. The highest BCUT2D eigenvalue weighted by molar-refractivity contribution is 5.96. The fourth-order valence-electron chi connectivity index (χ4n) is 11.0. The van der Waals surface area contributed by atoms with Gasteiger partial charge in [0.2, 0.25) is 0 Å². The van der Waals surface area contributed by atoms with Crippen molar-refractivity contribution in [3.63, 3.8) is 0 Å². The van der Waals surface area contributed by atoms with Crippen LogP contribution in [0.3, 0.4) is 0 Å². The van der Waals surface area contributed by atoms with Gasteiger partial charge in [0.25, 0.3) is 0 Å². The molecule has 13 atom stereocenters. The van der Waals surface area contributed by atoms with E-state index in [4.69, 9.17) is 14.2 Å². The van der Waals surface area contributed by atoms with Crippen molar-refractivity contribution in [2.75, 3.05) is 0 Å². The monoisotopic (exact) mass is 590 g/mol. The summed E-state index contributed by atoms with van der Waals surface area (Å²) in [6.45, 7) is 15.3. The van der Waals surface area contributed by atoms with Gasteiger partial charge in [-0.2, -0.15) is 0 Å². The minimum Gasteiger partial charge on any atom is -0.461 e.